The van der Waals surface area contributed by atoms with Crippen molar-refractivity contribution in [3.63, 3.8) is 0 Å². The molecule has 5 rings (SSSR count). The van der Waals surface area contributed by atoms with Gasteiger partial charge in [0.25, 0.3) is 5.91 Å². The van der Waals surface area contributed by atoms with Gasteiger partial charge in [-0.2, -0.15) is 5.26 Å². The molecule has 208 valence electrons. The largest absolute Gasteiger partial charge is 0.381 e. The van der Waals surface area contributed by atoms with E-state index in [1.165, 1.54) is 25.7 Å². The molecule has 1 saturated heterocycles. The molecule has 7 heteroatoms. The number of aromatic nitrogens is 1. The second-order valence-corrected chi connectivity index (χ2v) is 11.3. The molecule has 39 heavy (non-hydrogen) atoms. The molecule has 2 fully saturated rings. The molecule has 2 heterocycles. The van der Waals surface area contributed by atoms with Crippen LogP contribution in [0.15, 0.2) is 30.3 Å². The third kappa shape index (κ3) is 6.17. The van der Waals surface area contributed by atoms with E-state index in [1.807, 2.05) is 49.9 Å². The van der Waals surface area contributed by atoms with E-state index in [-0.39, 0.29) is 17.9 Å². The Bertz CT molecular complexity index is 1230. The summed E-state index contributed by atoms with van der Waals surface area (Å²) in [6.45, 7) is 7.48. The Balaban J connectivity index is 0.00000172. The molecule has 1 aliphatic heterocycles. The molecule has 7 nitrogen and oxygen atoms in total. The number of carbonyl (C=O) groups is 1. The standard InChI is InChI=1S/C30H38N6O.C2H6/c1-19-16-22(9-8-21(19)17-31)33-29(20-6-4-5-7-20)25-11-12-26-24(28(25)32)10-13-27(34-26)30(37)36-15-14-23(18-36)35(2)3;1-2/h8-10,13,16,20,23,25,29,32-33H,4-7,11-12,14-15,18H2,1-3H3;1-2H3. The van der Waals surface area contributed by atoms with E-state index in [0.29, 0.717) is 28.9 Å². The van der Waals surface area contributed by atoms with Crippen LogP contribution in [-0.2, 0) is 6.42 Å². The second-order valence-electron chi connectivity index (χ2n) is 11.3. The van der Waals surface area contributed by atoms with Crippen LogP contribution in [0.1, 0.15) is 85.2 Å². The van der Waals surface area contributed by atoms with Gasteiger partial charge in [0.15, 0.2) is 0 Å². The predicted octanol–water partition coefficient (Wildman–Crippen LogP) is 5.67. The Morgan fingerprint density at radius 3 is 2.54 bits per heavy atom. The van der Waals surface area contributed by atoms with E-state index < -0.39 is 0 Å². The van der Waals surface area contributed by atoms with Crippen molar-refractivity contribution >= 4 is 17.3 Å². The number of nitrogens with one attached hydrogen (secondary N) is 2. The van der Waals surface area contributed by atoms with Crippen LogP contribution < -0.4 is 5.32 Å². The summed E-state index contributed by atoms with van der Waals surface area (Å²) in [6, 6.07) is 12.5. The smallest absolute Gasteiger partial charge is 0.272 e. The number of carbonyl (C=O) groups excluding carboxylic acids is 1. The number of nitriles is 1. The van der Waals surface area contributed by atoms with Gasteiger partial charge in [0.05, 0.1) is 17.3 Å². The molecule has 2 aromatic rings. The summed E-state index contributed by atoms with van der Waals surface area (Å²) < 4.78 is 0. The van der Waals surface area contributed by atoms with Crippen molar-refractivity contribution in [2.75, 3.05) is 32.5 Å². The Morgan fingerprint density at radius 2 is 1.90 bits per heavy atom. The average molecular weight is 529 g/mol. The number of likely N-dealkylation sites (tertiary alicyclic amines) is 1. The summed E-state index contributed by atoms with van der Waals surface area (Å²) in [7, 11) is 4.13. The van der Waals surface area contributed by atoms with Crippen molar-refractivity contribution in [1.29, 1.82) is 10.7 Å². The SMILES string of the molecule is CC.Cc1cc(NC(C2CCCC2)C2CCc3nc(C(=O)N4CCC(N(C)C)C4)ccc3C2=N)ccc1C#N. The van der Waals surface area contributed by atoms with Crippen molar-refractivity contribution in [2.45, 2.75) is 77.8 Å². The Morgan fingerprint density at radius 1 is 1.15 bits per heavy atom. The highest BCUT2D eigenvalue weighted by Crippen LogP contribution is 2.38. The van der Waals surface area contributed by atoms with E-state index in [2.05, 4.69) is 36.4 Å². The summed E-state index contributed by atoms with van der Waals surface area (Å²) in [6.07, 6.45) is 7.46. The molecule has 2 N–H and O–H groups in total. The summed E-state index contributed by atoms with van der Waals surface area (Å²) in [5.74, 6) is 0.619. The maximum atomic E-state index is 13.2. The second kappa shape index (κ2) is 12.7. The molecule has 0 spiro atoms. The van der Waals surface area contributed by atoms with E-state index in [0.717, 1.165) is 54.9 Å². The lowest BCUT2D eigenvalue weighted by atomic mass is 9.75. The molecular weight excluding hydrogens is 484 g/mol. The van der Waals surface area contributed by atoms with Crippen LogP contribution >= 0.6 is 0 Å². The highest BCUT2D eigenvalue weighted by Gasteiger charge is 2.38. The molecule has 0 bridgehead atoms. The lowest BCUT2D eigenvalue weighted by molar-refractivity contribution is 0.0777. The minimum atomic E-state index is 0.00230. The van der Waals surface area contributed by atoms with Crippen LogP contribution in [0, 0.1) is 35.5 Å². The molecule has 3 aliphatic rings. The summed E-state index contributed by atoms with van der Waals surface area (Å²) >= 11 is 0. The van der Waals surface area contributed by atoms with Crippen LogP contribution in [0.5, 0.6) is 0 Å². The number of hydrogen-bond acceptors (Lipinski definition) is 6. The minimum Gasteiger partial charge on any atom is -0.381 e. The number of aryl methyl sites for hydroxylation is 2. The van der Waals surface area contributed by atoms with Gasteiger partial charge in [-0.25, -0.2) is 4.98 Å². The summed E-state index contributed by atoms with van der Waals surface area (Å²) in [5.41, 5.74) is 5.60. The van der Waals surface area contributed by atoms with E-state index >= 15 is 0 Å². The fraction of sp³-hybridized carbons (Fsp3) is 0.562. The summed E-state index contributed by atoms with van der Waals surface area (Å²) in [4.78, 5) is 22.1. The molecule has 3 unspecified atom stereocenters. The zero-order valence-corrected chi connectivity index (χ0v) is 24.3. The monoisotopic (exact) mass is 528 g/mol. The third-order valence-corrected chi connectivity index (χ3v) is 8.75. The third-order valence-electron chi connectivity index (χ3n) is 8.75. The number of fused-ring (bicyclic) bond motifs is 1. The first-order chi connectivity index (χ1) is 18.9. The van der Waals surface area contributed by atoms with E-state index in [9.17, 15) is 15.5 Å². The van der Waals surface area contributed by atoms with Crippen LogP contribution in [-0.4, -0.2) is 65.7 Å². The first kappa shape index (κ1) is 28.8. The van der Waals surface area contributed by atoms with Gasteiger partial charge >= 0.3 is 0 Å². The topological polar surface area (TPSA) is 96.1 Å². The van der Waals surface area contributed by atoms with E-state index in [1.54, 1.807) is 0 Å². The first-order valence-corrected chi connectivity index (χ1v) is 14.7. The fourth-order valence-electron chi connectivity index (χ4n) is 6.50. The lowest BCUT2D eigenvalue weighted by Crippen LogP contribution is -2.42. The van der Waals surface area contributed by atoms with Crippen molar-refractivity contribution in [3.8, 4) is 6.07 Å². The van der Waals surface area contributed by atoms with Gasteiger partial charge in [-0.15, -0.1) is 0 Å². The molecular formula is C32H44N6O. The molecule has 0 radical (unpaired) electrons. The van der Waals surface area contributed by atoms with Gasteiger partial charge in [0, 0.05) is 48.1 Å². The van der Waals surface area contributed by atoms with Gasteiger partial charge in [-0.1, -0.05) is 26.7 Å². The zero-order chi connectivity index (χ0) is 28.1. The lowest BCUT2D eigenvalue weighted by Gasteiger charge is -2.36. The number of rotatable bonds is 6. The number of benzene rings is 1. The highest BCUT2D eigenvalue weighted by atomic mass is 16.2. The Kier molecular flexibility index (Phi) is 9.40. The molecule has 2 aliphatic carbocycles. The van der Waals surface area contributed by atoms with Gasteiger partial charge in [0.1, 0.15) is 5.69 Å². The van der Waals surface area contributed by atoms with Crippen LogP contribution in [0.25, 0.3) is 0 Å². The zero-order valence-electron chi connectivity index (χ0n) is 24.3. The van der Waals surface area contributed by atoms with Gasteiger partial charge < -0.3 is 20.5 Å². The number of amides is 1. The summed E-state index contributed by atoms with van der Waals surface area (Å²) in [5, 5.41) is 22.3. The van der Waals surface area contributed by atoms with Crippen molar-refractivity contribution in [2.24, 2.45) is 11.8 Å². The number of likely N-dealkylation sites (N-methyl/N-ethyl adjacent to an activating group) is 1. The van der Waals surface area contributed by atoms with Crippen LogP contribution in [0.3, 0.4) is 0 Å². The van der Waals surface area contributed by atoms with Crippen molar-refractivity contribution < 1.29 is 4.79 Å². The predicted molar refractivity (Wildman–Crippen MR) is 157 cm³/mol. The molecule has 1 amide bonds. The molecule has 3 atom stereocenters. The number of hydrogen-bond donors (Lipinski definition) is 2. The number of nitrogens with zero attached hydrogens (tertiary/aromatic N) is 4. The average Bonchev–Trinajstić information content (AvgIpc) is 3.66. The quantitative estimate of drug-likeness (QED) is 0.504. The van der Waals surface area contributed by atoms with E-state index in [4.69, 9.17) is 4.98 Å². The van der Waals surface area contributed by atoms with Gasteiger partial charge in [-0.05, 0) is 94.9 Å². The molecule has 1 saturated carbocycles. The normalized spacial score (nSPS) is 21.7. The van der Waals surface area contributed by atoms with Crippen molar-refractivity contribution in [1.82, 2.24) is 14.8 Å². The minimum absolute atomic E-state index is 0.00230. The molecule has 1 aromatic heterocycles. The van der Waals surface area contributed by atoms with Gasteiger partial charge in [0.2, 0.25) is 0 Å². The Labute approximate surface area is 234 Å². The maximum absolute atomic E-state index is 13.2. The van der Waals surface area contributed by atoms with Gasteiger partial charge in [-0.3, -0.25) is 4.79 Å². The maximum Gasteiger partial charge on any atom is 0.272 e. The Hall–Kier alpha value is -3.24. The number of anilines is 1. The van der Waals surface area contributed by atoms with Crippen LogP contribution in [0.2, 0.25) is 0 Å². The fourth-order valence-corrected chi connectivity index (χ4v) is 6.50. The van der Waals surface area contributed by atoms with Crippen molar-refractivity contribution in [3.05, 3.63) is 58.4 Å². The van der Waals surface area contributed by atoms with Crippen LogP contribution in [0.4, 0.5) is 5.69 Å². The first-order valence-electron chi connectivity index (χ1n) is 14.7. The highest BCUT2D eigenvalue weighted by molar-refractivity contribution is 6.03. The molecule has 1 aromatic carbocycles. The number of pyridine rings is 1.